The summed E-state index contributed by atoms with van der Waals surface area (Å²) in [5.41, 5.74) is 3.70. The third-order valence-electron chi connectivity index (χ3n) is 2.94. The molecule has 1 aromatic carbocycles. The predicted molar refractivity (Wildman–Crippen MR) is 101 cm³/mol. The molecule has 22 heavy (non-hydrogen) atoms. The summed E-state index contributed by atoms with van der Waals surface area (Å²) in [6.45, 7) is 14.2. The first kappa shape index (κ1) is 20.5. The molecule has 0 saturated carbocycles. The van der Waals surface area contributed by atoms with Crippen LogP contribution in [0.1, 0.15) is 38.8 Å². The number of benzene rings is 1. The number of rotatable bonds is 5. The highest BCUT2D eigenvalue weighted by Crippen LogP contribution is 2.14. The van der Waals surface area contributed by atoms with E-state index in [4.69, 9.17) is 0 Å². The minimum Gasteiger partial charge on any atom is -0.298 e. The number of hydrogen-bond acceptors (Lipinski definition) is 1. The summed E-state index contributed by atoms with van der Waals surface area (Å²) < 4.78 is 0. The molecule has 0 amide bonds. The summed E-state index contributed by atoms with van der Waals surface area (Å²) in [6.07, 6.45) is 4.06. The summed E-state index contributed by atoms with van der Waals surface area (Å²) in [5, 5.41) is 0. The molecule has 0 fully saturated rings. The topological polar surface area (TPSA) is 3.24 Å². The van der Waals surface area contributed by atoms with Crippen molar-refractivity contribution in [3.63, 3.8) is 0 Å². The smallest absolute Gasteiger partial charge is 0.0234 e. The fraction of sp³-hybridized carbons (Fsp3) is 0.400. The zero-order valence-corrected chi connectivity index (χ0v) is 15.3. The highest BCUT2D eigenvalue weighted by atomic mass is 35.5. The van der Waals surface area contributed by atoms with Crippen molar-refractivity contribution in [2.24, 2.45) is 5.41 Å². The quantitative estimate of drug-likeness (QED) is 0.676. The molecule has 0 radical (unpaired) electrons. The van der Waals surface area contributed by atoms with Gasteiger partial charge in [-0.05, 0) is 51.9 Å². The third-order valence-corrected chi connectivity index (χ3v) is 2.94. The number of nitrogens with zero attached hydrogens (tertiary/aromatic N) is 1. The second-order valence-corrected chi connectivity index (χ2v) is 6.60. The van der Waals surface area contributed by atoms with Gasteiger partial charge in [-0.25, -0.2) is 0 Å². The van der Waals surface area contributed by atoms with Gasteiger partial charge in [-0.1, -0.05) is 54.3 Å². The van der Waals surface area contributed by atoms with Crippen LogP contribution in [0.25, 0.3) is 5.57 Å². The monoisotopic (exact) mass is 317 g/mol. The van der Waals surface area contributed by atoms with E-state index in [-0.39, 0.29) is 17.8 Å². The van der Waals surface area contributed by atoms with E-state index in [1.807, 2.05) is 13.0 Å². The maximum atomic E-state index is 4.00. The second kappa shape index (κ2) is 9.51. The lowest BCUT2D eigenvalue weighted by Crippen LogP contribution is -2.17. The number of likely N-dealkylation sites (N-methyl/N-ethyl adjacent to an activating group) is 1. The lowest BCUT2D eigenvalue weighted by Gasteiger charge is -2.15. The Morgan fingerprint density at radius 2 is 2.00 bits per heavy atom. The molecule has 0 atom stereocenters. The average molecular weight is 318 g/mol. The van der Waals surface area contributed by atoms with Crippen molar-refractivity contribution in [2.75, 3.05) is 13.6 Å². The van der Waals surface area contributed by atoms with Gasteiger partial charge in [0.25, 0.3) is 0 Å². The maximum absolute atomic E-state index is 4.00. The Balaban J connectivity index is 0.00000441. The van der Waals surface area contributed by atoms with Crippen LogP contribution in [-0.2, 0) is 6.54 Å². The van der Waals surface area contributed by atoms with Crippen molar-refractivity contribution in [3.8, 4) is 11.8 Å². The van der Waals surface area contributed by atoms with E-state index in [1.54, 1.807) is 0 Å². The normalized spacial score (nSPS) is 11.0. The summed E-state index contributed by atoms with van der Waals surface area (Å²) in [7, 11) is 2.12. The van der Waals surface area contributed by atoms with Crippen LogP contribution in [0.3, 0.4) is 0 Å². The highest BCUT2D eigenvalue weighted by Gasteiger charge is 2.02. The van der Waals surface area contributed by atoms with Crippen LogP contribution < -0.4 is 0 Å². The fourth-order valence-electron chi connectivity index (χ4n) is 1.86. The Morgan fingerprint density at radius 3 is 2.59 bits per heavy atom. The van der Waals surface area contributed by atoms with Gasteiger partial charge in [-0.3, -0.25) is 4.90 Å². The van der Waals surface area contributed by atoms with Crippen molar-refractivity contribution in [3.05, 3.63) is 54.1 Å². The van der Waals surface area contributed by atoms with Crippen molar-refractivity contribution < 1.29 is 0 Å². The molecule has 0 aliphatic carbocycles. The van der Waals surface area contributed by atoms with Gasteiger partial charge >= 0.3 is 0 Å². The summed E-state index contributed by atoms with van der Waals surface area (Å²) >= 11 is 0. The van der Waals surface area contributed by atoms with Gasteiger partial charge < -0.3 is 0 Å². The Hall–Kier alpha value is -1.49. The lowest BCUT2D eigenvalue weighted by atomic mass is 9.98. The molecule has 0 heterocycles. The molecule has 0 unspecified atom stereocenters. The van der Waals surface area contributed by atoms with Gasteiger partial charge in [-0.15, -0.1) is 12.4 Å². The zero-order chi connectivity index (χ0) is 15.9. The zero-order valence-electron chi connectivity index (χ0n) is 14.4. The first-order valence-electron chi connectivity index (χ1n) is 7.39. The van der Waals surface area contributed by atoms with Gasteiger partial charge in [0.05, 0.1) is 0 Å². The van der Waals surface area contributed by atoms with E-state index in [2.05, 4.69) is 81.5 Å². The first-order chi connectivity index (χ1) is 9.78. The van der Waals surface area contributed by atoms with Crippen LogP contribution in [0.15, 0.2) is 43.0 Å². The van der Waals surface area contributed by atoms with Crippen LogP contribution in [0.4, 0.5) is 0 Å². The molecule has 1 nitrogen and oxygen atoms in total. The van der Waals surface area contributed by atoms with E-state index in [1.165, 1.54) is 11.1 Å². The molecule has 0 aliphatic rings. The van der Waals surface area contributed by atoms with Crippen molar-refractivity contribution in [1.82, 2.24) is 4.90 Å². The fourth-order valence-corrected chi connectivity index (χ4v) is 1.86. The van der Waals surface area contributed by atoms with E-state index in [0.29, 0.717) is 0 Å². The molecule has 0 bridgehead atoms. The van der Waals surface area contributed by atoms with E-state index in [9.17, 15) is 0 Å². The minimum atomic E-state index is 0. The Labute approximate surface area is 142 Å². The Kier molecular flexibility index (Phi) is 8.87. The summed E-state index contributed by atoms with van der Waals surface area (Å²) in [4.78, 5) is 2.27. The van der Waals surface area contributed by atoms with Crippen molar-refractivity contribution in [1.29, 1.82) is 0 Å². The molecule has 2 heteroatoms. The van der Waals surface area contributed by atoms with Crippen LogP contribution in [0, 0.1) is 17.3 Å². The van der Waals surface area contributed by atoms with Crippen LogP contribution >= 0.6 is 12.4 Å². The maximum Gasteiger partial charge on any atom is 0.0234 e. The molecule has 0 aromatic heterocycles. The summed E-state index contributed by atoms with van der Waals surface area (Å²) in [6, 6.07) is 8.57. The molecular formula is C20H28ClN. The lowest BCUT2D eigenvalue weighted by molar-refractivity contribution is 0.363. The molecule has 0 spiro atoms. The molecule has 0 saturated heterocycles. The van der Waals surface area contributed by atoms with Crippen molar-refractivity contribution in [2.45, 2.75) is 34.2 Å². The summed E-state index contributed by atoms with van der Waals surface area (Å²) in [5.74, 6) is 6.30. The molecular weight excluding hydrogens is 290 g/mol. The van der Waals surface area contributed by atoms with Gasteiger partial charge in [0.2, 0.25) is 0 Å². The van der Waals surface area contributed by atoms with E-state index >= 15 is 0 Å². The third kappa shape index (κ3) is 8.72. The Bertz CT molecular complexity index is 567. The van der Waals surface area contributed by atoms with Crippen LogP contribution in [0.2, 0.25) is 0 Å². The standard InChI is InChI=1S/C20H27N.ClH/c1-17(2)19-12-10-11-18(15-19)16-21(6)14-9-7-8-13-20(3,4)5;/h7,9-12,15H,1,14,16H2,2-6H3;1H/b9-7+;. The first-order valence-corrected chi connectivity index (χ1v) is 7.39. The van der Waals surface area contributed by atoms with Crippen molar-refractivity contribution >= 4 is 18.0 Å². The Morgan fingerprint density at radius 1 is 1.32 bits per heavy atom. The molecule has 1 rings (SSSR count). The number of halogens is 1. The SMILES string of the molecule is C=C(C)c1cccc(CN(C)C/C=C/C#CC(C)(C)C)c1.Cl. The minimum absolute atomic E-state index is 0. The van der Waals surface area contributed by atoms with E-state index in [0.717, 1.165) is 18.7 Å². The average Bonchev–Trinajstić information content (AvgIpc) is 2.37. The van der Waals surface area contributed by atoms with Gasteiger partial charge in [-0.2, -0.15) is 0 Å². The van der Waals surface area contributed by atoms with Gasteiger partial charge in [0.1, 0.15) is 0 Å². The largest absolute Gasteiger partial charge is 0.298 e. The van der Waals surface area contributed by atoms with Crippen LogP contribution in [0.5, 0.6) is 0 Å². The number of allylic oxidation sites excluding steroid dienone is 2. The number of hydrogen-bond donors (Lipinski definition) is 0. The van der Waals surface area contributed by atoms with Gasteiger partial charge in [0.15, 0.2) is 0 Å². The molecule has 120 valence electrons. The predicted octanol–water partition coefficient (Wildman–Crippen LogP) is 5.18. The van der Waals surface area contributed by atoms with Gasteiger partial charge in [0, 0.05) is 18.5 Å². The van der Waals surface area contributed by atoms with Crippen LogP contribution in [-0.4, -0.2) is 18.5 Å². The highest BCUT2D eigenvalue weighted by molar-refractivity contribution is 5.85. The molecule has 0 aliphatic heterocycles. The molecule has 1 aromatic rings. The second-order valence-electron chi connectivity index (χ2n) is 6.60. The molecule has 0 N–H and O–H groups in total. The van der Waals surface area contributed by atoms with E-state index < -0.39 is 0 Å².